The molecule has 1 heterocycles. The second-order valence-electron chi connectivity index (χ2n) is 4.11. The fourth-order valence-corrected chi connectivity index (χ4v) is 2.31. The van der Waals surface area contributed by atoms with Crippen LogP contribution in [0.1, 0.15) is 10.4 Å². The summed E-state index contributed by atoms with van der Waals surface area (Å²) in [4.78, 5) is 48.3. The molecule has 0 aliphatic carbocycles. The highest BCUT2D eigenvalue weighted by Crippen LogP contribution is 2.24. The monoisotopic (exact) mass is 335 g/mol. The van der Waals surface area contributed by atoms with Crippen molar-refractivity contribution in [3.63, 3.8) is 0 Å². The van der Waals surface area contributed by atoms with Crippen molar-refractivity contribution in [3.8, 4) is 0 Å². The van der Waals surface area contributed by atoms with Gasteiger partial charge in [-0.05, 0) is 23.9 Å². The van der Waals surface area contributed by atoms with Crippen LogP contribution >= 0.6 is 11.8 Å². The number of aliphatic imine (C=N–C) groups is 1. The predicted octanol–water partition coefficient (Wildman–Crippen LogP) is 1.01. The molecule has 1 N–H and O–H groups in total. The molecule has 1 aromatic carbocycles. The molecule has 118 valence electrons. The maximum absolute atomic E-state index is 11.9. The summed E-state index contributed by atoms with van der Waals surface area (Å²) in [6, 6.07) is 4.88. The summed E-state index contributed by atoms with van der Waals surface area (Å²) < 4.78 is 4.41. The number of hydrogen-bond donors (Lipinski definition) is 1. The number of rotatable bonds is 3. The number of thioether (sulfide) groups is 1. The quantitative estimate of drug-likeness (QED) is 0.378. The molecule has 9 nitrogen and oxygen atoms in total. The van der Waals surface area contributed by atoms with Gasteiger partial charge in [-0.1, -0.05) is 0 Å². The average molecular weight is 335 g/mol. The zero-order valence-corrected chi connectivity index (χ0v) is 12.5. The van der Waals surface area contributed by atoms with Crippen LogP contribution in [0.4, 0.5) is 5.69 Å². The molecule has 0 saturated carbocycles. The van der Waals surface area contributed by atoms with Crippen LogP contribution in [0.3, 0.4) is 0 Å². The van der Waals surface area contributed by atoms with Crippen molar-refractivity contribution in [2.45, 2.75) is 0 Å². The van der Waals surface area contributed by atoms with Crippen LogP contribution in [0.15, 0.2) is 40.2 Å². The van der Waals surface area contributed by atoms with E-state index < -0.39 is 22.7 Å². The fraction of sp³-hybridized carbons (Fsp3) is 0.0769. The number of carbonyl (C=O) groups excluding carboxylic acids is 3. The van der Waals surface area contributed by atoms with E-state index in [1.807, 2.05) is 0 Å². The van der Waals surface area contributed by atoms with Gasteiger partial charge in [0.1, 0.15) is 0 Å². The maximum Gasteiger partial charge on any atom is 0.331 e. The minimum Gasteiger partial charge on any atom is -0.466 e. The summed E-state index contributed by atoms with van der Waals surface area (Å²) in [7, 11) is 1.17. The van der Waals surface area contributed by atoms with E-state index in [1.54, 1.807) is 0 Å². The molecule has 0 bridgehead atoms. The van der Waals surface area contributed by atoms with Gasteiger partial charge >= 0.3 is 5.97 Å². The number of nitrogens with one attached hydrogen (secondary N) is 1. The van der Waals surface area contributed by atoms with Crippen molar-refractivity contribution in [2.75, 3.05) is 7.11 Å². The molecule has 1 aliphatic rings. The molecule has 10 heteroatoms. The Labute approximate surface area is 133 Å². The zero-order valence-electron chi connectivity index (χ0n) is 11.6. The molecule has 1 aromatic rings. The Morgan fingerprint density at radius 2 is 2.00 bits per heavy atom. The highest BCUT2D eigenvalue weighted by molar-refractivity contribution is 8.18. The van der Waals surface area contributed by atoms with Crippen molar-refractivity contribution < 1.29 is 24.0 Å². The molecule has 1 saturated heterocycles. The van der Waals surface area contributed by atoms with Crippen LogP contribution in [-0.2, 0) is 14.3 Å². The lowest BCUT2D eigenvalue weighted by atomic mass is 10.2. The average Bonchev–Trinajstić information content (AvgIpc) is 2.86. The molecular formula is C13H9N3O6S. The van der Waals surface area contributed by atoms with Crippen LogP contribution in [0.5, 0.6) is 0 Å². The van der Waals surface area contributed by atoms with E-state index in [-0.39, 0.29) is 21.3 Å². The van der Waals surface area contributed by atoms with Crippen molar-refractivity contribution in [2.24, 2.45) is 4.99 Å². The van der Waals surface area contributed by atoms with E-state index in [1.165, 1.54) is 31.4 Å². The van der Waals surface area contributed by atoms with Crippen molar-refractivity contribution in [3.05, 3.63) is 50.9 Å². The smallest absolute Gasteiger partial charge is 0.331 e. The van der Waals surface area contributed by atoms with Crippen molar-refractivity contribution in [1.82, 2.24) is 5.32 Å². The summed E-state index contributed by atoms with van der Waals surface area (Å²) in [5.41, 5.74) is -0.0237. The predicted molar refractivity (Wildman–Crippen MR) is 80.7 cm³/mol. The molecule has 0 spiro atoms. The lowest BCUT2D eigenvalue weighted by Crippen LogP contribution is -2.21. The number of benzene rings is 1. The van der Waals surface area contributed by atoms with Crippen molar-refractivity contribution >= 4 is 40.4 Å². The van der Waals surface area contributed by atoms with E-state index in [9.17, 15) is 24.5 Å². The van der Waals surface area contributed by atoms with Crippen LogP contribution < -0.4 is 5.32 Å². The molecule has 23 heavy (non-hydrogen) atoms. The minimum absolute atomic E-state index is 0.00788. The van der Waals surface area contributed by atoms with E-state index in [0.29, 0.717) is 0 Å². The second kappa shape index (κ2) is 6.83. The van der Waals surface area contributed by atoms with Gasteiger partial charge in [0.15, 0.2) is 5.17 Å². The number of nitro groups is 1. The van der Waals surface area contributed by atoms with Crippen LogP contribution in [-0.4, -0.2) is 35.0 Å². The lowest BCUT2D eigenvalue weighted by Gasteiger charge is -1.97. The maximum atomic E-state index is 11.9. The van der Waals surface area contributed by atoms with Gasteiger partial charge in [-0.3, -0.25) is 19.7 Å². The van der Waals surface area contributed by atoms with Gasteiger partial charge < -0.3 is 10.1 Å². The summed E-state index contributed by atoms with van der Waals surface area (Å²) >= 11 is 0.814. The number of methoxy groups -OCH3 is 1. The number of nitrogens with zero attached hydrogens (tertiary/aromatic N) is 2. The number of amidine groups is 1. The molecule has 1 fully saturated rings. The third-order valence-corrected chi connectivity index (χ3v) is 3.54. The third kappa shape index (κ3) is 4.01. The van der Waals surface area contributed by atoms with Gasteiger partial charge in [-0.2, -0.15) is 4.99 Å². The molecule has 0 unspecified atom stereocenters. The Morgan fingerprint density at radius 3 is 2.57 bits per heavy atom. The molecular weight excluding hydrogens is 326 g/mol. The number of amides is 2. The Bertz CT molecular complexity index is 753. The normalized spacial score (nSPS) is 17.2. The van der Waals surface area contributed by atoms with Crippen LogP contribution in [0.2, 0.25) is 0 Å². The van der Waals surface area contributed by atoms with Gasteiger partial charge in [0.05, 0.1) is 16.9 Å². The molecule has 2 amide bonds. The second-order valence-corrected chi connectivity index (χ2v) is 5.14. The number of nitro benzene ring substituents is 1. The van der Waals surface area contributed by atoms with Gasteiger partial charge in [-0.15, -0.1) is 0 Å². The molecule has 0 atom stereocenters. The minimum atomic E-state index is -0.703. The van der Waals surface area contributed by atoms with Crippen molar-refractivity contribution in [1.29, 1.82) is 0 Å². The van der Waals surface area contributed by atoms with Gasteiger partial charge in [0.2, 0.25) is 0 Å². The number of carbonyl (C=O) groups is 3. The van der Waals surface area contributed by atoms with E-state index in [0.717, 1.165) is 17.8 Å². The van der Waals surface area contributed by atoms with Crippen LogP contribution in [0.25, 0.3) is 0 Å². The molecule has 1 aliphatic heterocycles. The van der Waals surface area contributed by atoms with Gasteiger partial charge in [0, 0.05) is 23.8 Å². The summed E-state index contributed by atoms with van der Waals surface area (Å²) in [5.74, 6) is -1.96. The first-order chi connectivity index (χ1) is 10.9. The topological polar surface area (TPSA) is 128 Å². The Kier molecular flexibility index (Phi) is 4.86. The standard InChI is InChI=1S/C13H9N3O6S/c1-22-10(17)6-9-12(19)15-13(23-9)14-11(18)7-2-4-8(5-3-7)16(20)21/h2-6H,1H3,(H,14,15,18,19)/b9-6+. The Hall–Kier alpha value is -3.01. The zero-order chi connectivity index (χ0) is 17.0. The van der Waals surface area contributed by atoms with E-state index in [2.05, 4.69) is 15.0 Å². The molecule has 0 radical (unpaired) electrons. The summed E-state index contributed by atoms with van der Waals surface area (Å²) in [5, 5.41) is 12.9. The molecule has 2 rings (SSSR count). The molecule has 0 aromatic heterocycles. The summed E-state index contributed by atoms with van der Waals surface area (Å²) in [6.45, 7) is 0. The first kappa shape index (κ1) is 16.4. The SMILES string of the molecule is COC(=O)/C=C1/SC(=NC(=O)c2ccc([N+](=O)[O-])cc2)NC1=O. The fourth-order valence-electron chi connectivity index (χ4n) is 1.53. The van der Waals surface area contributed by atoms with Gasteiger partial charge in [-0.25, -0.2) is 4.79 Å². The Balaban J connectivity index is 2.14. The highest BCUT2D eigenvalue weighted by Gasteiger charge is 2.26. The number of non-ortho nitro benzene ring substituents is 1. The first-order valence-electron chi connectivity index (χ1n) is 6.07. The van der Waals surface area contributed by atoms with E-state index >= 15 is 0 Å². The highest BCUT2D eigenvalue weighted by atomic mass is 32.2. The number of hydrogen-bond acceptors (Lipinski definition) is 7. The number of ether oxygens (including phenoxy) is 1. The lowest BCUT2D eigenvalue weighted by molar-refractivity contribution is -0.384. The third-order valence-electron chi connectivity index (χ3n) is 2.63. The van der Waals surface area contributed by atoms with E-state index in [4.69, 9.17) is 0 Å². The van der Waals surface area contributed by atoms with Crippen LogP contribution in [0, 0.1) is 10.1 Å². The first-order valence-corrected chi connectivity index (χ1v) is 6.88. The largest absolute Gasteiger partial charge is 0.466 e. The summed E-state index contributed by atoms with van der Waals surface area (Å²) in [6.07, 6.45) is 0.985. The number of esters is 1. The Morgan fingerprint density at radius 1 is 1.35 bits per heavy atom. The van der Waals surface area contributed by atoms with Gasteiger partial charge in [0.25, 0.3) is 17.5 Å².